The lowest BCUT2D eigenvalue weighted by molar-refractivity contribution is -0.121. The fourth-order valence-electron chi connectivity index (χ4n) is 1.97. The zero-order valence-corrected chi connectivity index (χ0v) is 11.4. The maximum absolute atomic E-state index is 11.6. The number of pyridine rings is 1. The third-order valence-electron chi connectivity index (χ3n) is 2.93. The zero-order chi connectivity index (χ0) is 13.5. The van der Waals surface area contributed by atoms with E-state index >= 15 is 0 Å². The molecule has 0 spiro atoms. The second-order valence-corrected chi connectivity index (χ2v) is 4.92. The minimum Gasteiger partial charge on any atom is -0.476 e. The molecule has 1 N–H and O–H groups in total. The molecule has 0 bridgehead atoms. The Morgan fingerprint density at radius 3 is 3.11 bits per heavy atom. The van der Waals surface area contributed by atoms with Gasteiger partial charge in [0.1, 0.15) is 6.61 Å². The van der Waals surface area contributed by atoms with Gasteiger partial charge in [0.2, 0.25) is 11.8 Å². The van der Waals surface area contributed by atoms with Crippen LogP contribution in [0, 0.1) is 5.92 Å². The van der Waals surface area contributed by atoms with Crippen LogP contribution in [-0.4, -0.2) is 24.0 Å². The number of halogens is 1. The highest BCUT2D eigenvalue weighted by Crippen LogP contribution is 2.19. The number of allylic oxidation sites excluding steroid dienone is 2. The molecule has 2 rings (SSSR count). The molecular formula is C14H17ClN2O2. The van der Waals surface area contributed by atoms with Gasteiger partial charge in [0.25, 0.3) is 0 Å². The van der Waals surface area contributed by atoms with Crippen molar-refractivity contribution < 1.29 is 9.53 Å². The molecule has 0 fully saturated rings. The standard InChI is InChI=1S/C14H17ClN2O2/c15-12-5-6-14(17-10-12)19-8-7-16-13(18)9-11-3-1-2-4-11/h1,3,5-6,10-11H,2,4,7-9H2,(H,16,18). The monoisotopic (exact) mass is 280 g/mol. The molecule has 1 unspecified atom stereocenters. The van der Waals surface area contributed by atoms with E-state index in [1.165, 1.54) is 6.20 Å². The second-order valence-electron chi connectivity index (χ2n) is 4.48. The van der Waals surface area contributed by atoms with Gasteiger partial charge in [-0.2, -0.15) is 0 Å². The summed E-state index contributed by atoms with van der Waals surface area (Å²) in [6.07, 6.45) is 8.51. The van der Waals surface area contributed by atoms with Gasteiger partial charge in [0, 0.05) is 18.7 Å². The van der Waals surface area contributed by atoms with Crippen LogP contribution in [0.1, 0.15) is 19.3 Å². The van der Waals surface area contributed by atoms with Crippen LogP contribution in [0.15, 0.2) is 30.5 Å². The number of carbonyl (C=O) groups excluding carboxylic acids is 1. The van der Waals surface area contributed by atoms with Crippen LogP contribution < -0.4 is 10.1 Å². The van der Waals surface area contributed by atoms with Crippen molar-refractivity contribution in [1.29, 1.82) is 0 Å². The van der Waals surface area contributed by atoms with Gasteiger partial charge < -0.3 is 10.1 Å². The van der Waals surface area contributed by atoms with Crippen molar-refractivity contribution in [3.05, 3.63) is 35.5 Å². The molecule has 4 nitrogen and oxygen atoms in total. The van der Waals surface area contributed by atoms with Crippen molar-refractivity contribution >= 4 is 17.5 Å². The summed E-state index contributed by atoms with van der Waals surface area (Å²) in [4.78, 5) is 15.6. The van der Waals surface area contributed by atoms with Crippen LogP contribution in [0.5, 0.6) is 5.88 Å². The summed E-state index contributed by atoms with van der Waals surface area (Å²) in [7, 11) is 0. The van der Waals surface area contributed by atoms with Crippen molar-refractivity contribution in [3.8, 4) is 5.88 Å². The fourth-order valence-corrected chi connectivity index (χ4v) is 2.08. The van der Waals surface area contributed by atoms with Gasteiger partial charge in [0.15, 0.2) is 0 Å². The molecule has 1 aromatic rings. The summed E-state index contributed by atoms with van der Waals surface area (Å²) in [5, 5.41) is 3.41. The largest absolute Gasteiger partial charge is 0.476 e. The molecule has 0 aromatic carbocycles. The zero-order valence-electron chi connectivity index (χ0n) is 10.6. The Balaban J connectivity index is 1.59. The van der Waals surface area contributed by atoms with E-state index in [-0.39, 0.29) is 5.91 Å². The van der Waals surface area contributed by atoms with Gasteiger partial charge in [-0.1, -0.05) is 23.8 Å². The molecular weight excluding hydrogens is 264 g/mol. The van der Waals surface area contributed by atoms with E-state index in [9.17, 15) is 4.79 Å². The van der Waals surface area contributed by atoms with E-state index in [1.807, 2.05) is 0 Å². The molecule has 19 heavy (non-hydrogen) atoms. The minimum atomic E-state index is 0.0733. The van der Waals surface area contributed by atoms with Crippen molar-refractivity contribution in [2.75, 3.05) is 13.2 Å². The summed E-state index contributed by atoms with van der Waals surface area (Å²) in [6.45, 7) is 0.889. The van der Waals surface area contributed by atoms with E-state index in [4.69, 9.17) is 16.3 Å². The van der Waals surface area contributed by atoms with Gasteiger partial charge >= 0.3 is 0 Å². The number of ether oxygens (including phenoxy) is 1. The average Bonchev–Trinajstić information content (AvgIpc) is 2.89. The lowest BCUT2D eigenvalue weighted by Crippen LogP contribution is -2.29. The summed E-state index contributed by atoms with van der Waals surface area (Å²) in [5.74, 6) is 0.987. The van der Waals surface area contributed by atoms with Crippen molar-refractivity contribution in [2.24, 2.45) is 5.92 Å². The molecule has 1 aliphatic carbocycles. The molecule has 0 radical (unpaired) electrons. The fraction of sp³-hybridized carbons (Fsp3) is 0.429. The van der Waals surface area contributed by atoms with Gasteiger partial charge in [-0.25, -0.2) is 4.98 Å². The number of nitrogens with one attached hydrogen (secondary N) is 1. The summed E-state index contributed by atoms with van der Waals surface area (Å²) < 4.78 is 5.38. The highest BCUT2D eigenvalue weighted by Gasteiger charge is 2.13. The van der Waals surface area contributed by atoms with Gasteiger partial charge in [-0.05, 0) is 24.8 Å². The van der Waals surface area contributed by atoms with Gasteiger partial charge in [-0.3, -0.25) is 4.79 Å². The number of nitrogens with zero attached hydrogens (tertiary/aromatic N) is 1. The summed E-state index contributed by atoms with van der Waals surface area (Å²) in [5.41, 5.74) is 0. The van der Waals surface area contributed by atoms with Crippen LogP contribution in [-0.2, 0) is 4.79 Å². The van der Waals surface area contributed by atoms with Crippen molar-refractivity contribution in [1.82, 2.24) is 10.3 Å². The number of hydrogen-bond acceptors (Lipinski definition) is 3. The maximum Gasteiger partial charge on any atom is 0.220 e. The quantitative estimate of drug-likeness (QED) is 0.644. The first-order chi connectivity index (χ1) is 9.24. The molecule has 0 saturated heterocycles. The average molecular weight is 281 g/mol. The smallest absolute Gasteiger partial charge is 0.220 e. The highest BCUT2D eigenvalue weighted by atomic mass is 35.5. The number of carbonyl (C=O) groups is 1. The van der Waals surface area contributed by atoms with Crippen molar-refractivity contribution in [3.63, 3.8) is 0 Å². The molecule has 1 aromatic heterocycles. The second kappa shape index (κ2) is 7.14. The normalized spacial score (nSPS) is 17.4. The number of hydrogen-bond donors (Lipinski definition) is 1. The third-order valence-corrected chi connectivity index (χ3v) is 3.16. The first-order valence-electron chi connectivity index (χ1n) is 6.42. The maximum atomic E-state index is 11.6. The van der Waals surface area contributed by atoms with Crippen LogP contribution >= 0.6 is 11.6 Å². The van der Waals surface area contributed by atoms with Gasteiger partial charge in [-0.15, -0.1) is 0 Å². The van der Waals surface area contributed by atoms with Gasteiger partial charge in [0.05, 0.1) is 11.6 Å². The first-order valence-corrected chi connectivity index (χ1v) is 6.79. The molecule has 1 amide bonds. The highest BCUT2D eigenvalue weighted by molar-refractivity contribution is 6.30. The molecule has 0 saturated carbocycles. The molecule has 102 valence electrons. The lowest BCUT2D eigenvalue weighted by Gasteiger charge is -2.09. The van der Waals surface area contributed by atoms with Crippen LogP contribution in [0.25, 0.3) is 0 Å². The molecule has 5 heteroatoms. The summed E-state index contributed by atoms with van der Waals surface area (Å²) >= 11 is 5.71. The number of rotatable bonds is 6. The predicted octanol–water partition coefficient (Wildman–Crippen LogP) is 2.59. The molecule has 0 aliphatic heterocycles. The van der Waals surface area contributed by atoms with E-state index in [2.05, 4.69) is 22.5 Å². The Hall–Kier alpha value is -1.55. The van der Waals surface area contributed by atoms with E-state index in [0.717, 1.165) is 12.8 Å². The van der Waals surface area contributed by atoms with E-state index in [1.54, 1.807) is 12.1 Å². The van der Waals surface area contributed by atoms with Crippen LogP contribution in [0.4, 0.5) is 0 Å². The summed E-state index contributed by atoms with van der Waals surface area (Å²) in [6, 6.07) is 3.42. The lowest BCUT2D eigenvalue weighted by atomic mass is 10.1. The van der Waals surface area contributed by atoms with Crippen LogP contribution in [0.2, 0.25) is 5.02 Å². The predicted molar refractivity (Wildman–Crippen MR) is 74.2 cm³/mol. The van der Waals surface area contributed by atoms with E-state index < -0.39 is 0 Å². The molecule has 1 heterocycles. The molecule has 1 atom stereocenters. The Kier molecular flexibility index (Phi) is 5.21. The van der Waals surface area contributed by atoms with E-state index in [0.29, 0.717) is 36.4 Å². The minimum absolute atomic E-state index is 0.0733. The third kappa shape index (κ3) is 4.91. The molecule has 1 aliphatic rings. The van der Waals surface area contributed by atoms with Crippen LogP contribution in [0.3, 0.4) is 0 Å². The Morgan fingerprint density at radius 1 is 1.53 bits per heavy atom. The van der Waals surface area contributed by atoms with Crippen molar-refractivity contribution in [2.45, 2.75) is 19.3 Å². The topological polar surface area (TPSA) is 51.2 Å². The first kappa shape index (κ1) is 13.9. The Bertz CT molecular complexity index is 445. The SMILES string of the molecule is O=C(CC1C=CCC1)NCCOc1ccc(Cl)cn1. The number of amides is 1. The Labute approximate surface area is 117 Å². The Morgan fingerprint density at radius 2 is 2.42 bits per heavy atom. The number of aromatic nitrogens is 1.